The monoisotopic (exact) mass is 354 g/mol. The second-order valence-electron chi connectivity index (χ2n) is 3.47. The van der Waals surface area contributed by atoms with Gasteiger partial charge in [0.05, 0.1) is 16.1 Å². The van der Waals surface area contributed by atoms with E-state index in [2.05, 4.69) is 9.97 Å². The summed E-state index contributed by atoms with van der Waals surface area (Å²) in [6.07, 6.45) is 1.74. The minimum atomic E-state index is 0. The van der Waals surface area contributed by atoms with Crippen LogP contribution in [0.2, 0.25) is 10.2 Å². The molecule has 2 nitrogen and oxygen atoms in total. The number of nitrogens with zero attached hydrogens (tertiary/aromatic N) is 2. The van der Waals surface area contributed by atoms with E-state index in [0.29, 0.717) is 10.2 Å². The molecule has 0 N–H and O–H groups in total. The number of pyridine rings is 2. The molecule has 0 aliphatic rings. The Balaban J connectivity index is 0.00000108. The van der Waals surface area contributed by atoms with Crippen LogP contribution in [0.3, 0.4) is 0 Å². The normalized spacial score (nSPS) is 10.5. The minimum absolute atomic E-state index is 0. The standard InChI is InChI=1S/C12H6Cl2N2.Pd/c13-9-6-8-4-3-7-2-1-5-15-10(7)11(8)16-12(9)14;/h1-6H;. The molecule has 0 radical (unpaired) electrons. The van der Waals surface area contributed by atoms with Crippen LogP contribution in [0.4, 0.5) is 0 Å². The number of rotatable bonds is 0. The van der Waals surface area contributed by atoms with Crippen molar-refractivity contribution >= 4 is 45.0 Å². The van der Waals surface area contributed by atoms with Gasteiger partial charge in [0, 0.05) is 37.4 Å². The Morgan fingerprint density at radius 1 is 0.941 bits per heavy atom. The average molecular weight is 356 g/mol. The summed E-state index contributed by atoms with van der Waals surface area (Å²) < 4.78 is 0. The second kappa shape index (κ2) is 4.88. The average Bonchev–Trinajstić information content (AvgIpc) is 2.31. The molecule has 0 saturated heterocycles. The number of halogens is 2. The number of hydrogen-bond acceptors (Lipinski definition) is 2. The summed E-state index contributed by atoms with van der Waals surface area (Å²) in [6.45, 7) is 0. The van der Waals surface area contributed by atoms with Gasteiger partial charge in [-0.1, -0.05) is 41.4 Å². The fourth-order valence-corrected chi connectivity index (χ4v) is 2.03. The second-order valence-corrected chi connectivity index (χ2v) is 4.24. The zero-order valence-electron chi connectivity index (χ0n) is 8.43. The number of aromatic nitrogens is 2. The molecule has 0 amide bonds. The third-order valence-electron chi connectivity index (χ3n) is 2.47. The van der Waals surface area contributed by atoms with Crippen molar-refractivity contribution in [2.24, 2.45) is 0 Å². The molecule has 0 unspecified atom stereocenters. The van der Waals surface area contributed by atoms with Gasteiger partial charge >= 0.3 is 0 Å². The van der Waals surface area contributed by atoms with Crippen LogP contribution in [0, 0.1) is 0 Å². The predicted molar refractivity (Wildman–Crippen MR) is 67.1 cm³/mol. The van der Waals surface area contributed by atoms with Crippen molar-refractivity contribution in [1.82, 2.24) is 9.97 Å². The molecule has 0 spiro atoms. The Hall–Kier alpha value is -0.718. The molecule has 17 heavy (non-hydrogen) atoms. The van der Waals surface area contributed by atoms with E-state index >= 15 is 0 Å². The summed E-state index contributed by atoms with van der Waals surface area (Å²) in [5, 5.41) is 2.76. The van der Waals surface area contributed by atoms with Gasteiger partial charge in [0.1, 0.15) is 5.15 Å². The first-order valence-electron chi connectivity index (χ1n) is 4.75. The Bertz CT molecular complexity index is 700. The topological polar surface area (TPSA) is 25.8 Å². The van der Waals surface area contributed by atoms with Crippen molar-refractivity contribution in [1.29, 1.82) is 0 Å². The van der Waals surface area contributed by atoms with Crippen LogP contribution in [0.15, 0.2) is 36.5 Å². The molecule has 2 aromatic heterocycles. The third kappa shape index (κ3) is 2.17. The Kier molecular flexibility index (Phi) is 3.65. The van der Waals surface area contributed by atoms with Crippen molar-refractivity contribution in [2.75, 3.05) is 0 Å². The third-order valence-corrected chi connectivity index (χ3v) is 3.14. The zero-order chi connectivity index (χ0) is 11.1. The van der Waals surface area contributed by atoms with Gasteiger partial charge in [-0.3, -0.25) is 4.98 Å². The quantitative estimate of drug-likeness (QED) is 0.345. The van der Waals surface area contributed by atoms with Gasteiger partial charge in [-0.25, -0.2) is 4.98 Å². The predicted octanol–water partition coefficient (Wildman–Crippen LogP) is 4.09. The summed E-state index contributed by atoms with van der Waals surface area (Å²) in [5.74, 6) is 0. The minimum Gasteiger partial charge on any atom is -0.254 e. The van der Waals surface area contributed by atoms with E-state index < -0.39 is 0 Å². The van der Waals surface area contributed by atoms with Crippen LogP contribution < -0.4 is 0 Å². The van der Waals surface area contributed by atoms with Gasteiger partial charge in [-0.05, 0) is 12.1 Å². The van der Waals surface area contributed by atoms with Crippen molar-refractivity contribution in [3.8, 4) is 0 Å². The van der Waals surface area contributed by atoms with Crippen molar-refractivity contribution in [3.05, 3.63) is 46.7 Å². The first-order valence-corrected chi connectivity index (χ1v) is 5.51. The van der Waals surface area contributed by atoms with Crippen molar-refractivity contribution in [3.63, 3.8) is 0 Å². The van der Waals surface area contributed by atoms with E-state index in [-0.39, 0.29) is 20.4 Å². The van der Waals surface area contributed by atoms with Gasteiger partial charge in [-0.2, -0.15) is 0 Å². The van der Waals surface area contributed by atoms with E-state index in [9.17, 15) is 0 Å². The first kappa shape index (κ1) is 12.7. The van der Waals surface area contributed by atoms with Crippen LogP contribution in [-0.2, 0) is 20.4 Å². The SMILES string of the molecule is Clc1cc2ccc3cccnc3c2nc1Cl.[Pd]. The molecule has 0 saturated carbocycles. The summed E-state index contributed by atoms with van der Waals surface area (Å²) in [7, 11) is 0. The number of hydrogen-bond donors (Lipinski definition) is 0. The van der Waals surface area contributed by atoms with Crippen LogP contribution in [0.25, 0.3) is 21.8 Å². The van der Waals surface area contributed by atoms with Crippen LogP contribution in [0.5, 0.6) is 0 Å². The molecule has 0 aliphatic heterocycles. The van der Waals surface area contributed by atoms with Gasteiger partial charge < -0.3 is 0 Å². The van der Waals surface area contributed by atoms with E-state index in [1.807, 2.05) is 24.3 Å². The molecule has 0 fully saturated rings. The van der Waals surface area contributed by atoms with Crippen LogP contribution >= 0.6 is 23.2 Å². The van der Waals surface area contributed by atoms with Crippen molar-refractivity contribution < 1.29 is 20.4 Å². The Labute approximate surface area is 122 Å². The maximum absolute atomic E-state index is 5.92. The van der Waals surface area contributed by atoms with Gasteiger partial charge in [-0.15, -0.1) is 0 Å². The molecule has 3 rings (SSSR count). The fraction of sp³-hybridized carbons (Fsp3) is 0. The Morgan fingerprint density at radius 3 is 2.53 bits per heavy atom. The molecule has 5 heteroatoms. The maximum atomic E-state index is 5.92. The van der Waals surface area contributed by atoms with Crippen molar-refractivity contribution in [2.45, 2.75) is 0 Å². The van der Waals surface area contributed by atoms with Crippen LogP contribution in [0.1, 0.15) is 0 Å². The zero-order valence-corrected chi connectivity index (χ0v) is 11.5. The Morgan fingerprint density at radius 2 is 1.71 bits per heavy atom. The smallest absolute Gasteiger partial charge is 0.148 e. The molecule has 3 aromatic rings. The number of fused-ring (bicyclic) bond motifs is 3. The summed E-state index contributed by atoms with van der Waals surface area (Å²) in [4.78, 5) is 8.59. The molecule has 0 aliphatic carbocycles. The van der Waals surface area contributed by atoms with E-state index in [1.165, 1.54) is 0 Å². The number of benzene rings is 1. The van der Waals surface area contributed by atoms with Gasteiger partial charge in [0.15, 0.2) is 0 Å². The van der Waals surface area contributed by atoms with E-state index in [1.54, 1.807) is 12.3 Å². The summed E-state index contributed by atoms with van der Waals surface area (Å²) >= 11 is 11.8. The molecule has 0 bridgehead atoms. The maximum Gasteiger partial charge on any atom is 0.148 e. The fourth-order valence-electron chi connectivity index (χ4n) is 1.73. The largest absolute Gasteiger partial charge is 0.254 e. The van der Waals surface area contributed by atoms with Gasteiger partial charge in [0.2, 0.25) is 0 Å². The van der Waals surface area contributed by atoms with Gasteiger partial charge in [0.25, 0.3) is 0 Å². The molecular formula is C12H6Cl2N2Pd. The summed E-state index contributed by atoms with van der Waals surface area (Å²) in [5.41, 5.74) is 1.63. The van der Waals surface area contributed by atoms with E-state index in [4.69, 9.17) is 23.2 Å². The molecule has 88 valence electrons. The molecular weight excluding hydrogens is 349 g/mol. The van der Waals surface area contributed by atoms with E-state index in [0.717, 1.165) is 21.8 Å². The van der Waals surface area contributed by atoms with Crippen LogP contribution in [-0.4, -0.2) is 9.97 Å². The first-order chi connectivity index (χ1) is 7.75. The summed E-state index contributed by atoms with van der Waals surface area (Å²) in [6, 6.07) is 9.66. The molecule has 1 aromatic carbocycles. The molecule has 0 atom stereocenters. The molecule has 2 heterocycles.